The van der Waals surface area contributed by atoms with Crippen LogP contribution >= 0.6 is 0 Å². The fourth-order valence-electron chi connectivity index (χ4n) is 3.18. The highest BCUT2D eigenvalue weighted by Gasteiger charge is 2.26. The van der Waals surface area contributed by atoms with E-state index in [1.807, 2.05) is 10.8 Å². The molecule has 1 aliphatic heterocycles. The van der Waals surface area contributed by atoms with E-state index in [1.165, 1.54) is 12.3 Å². The maximum Gasteiger partial charge on any atom is 0.253 e. The van der Waals surface area contributed by atoms with Crippen LogP contribution in [0.15, 0.2) is 41.8 Å². The lowest BCUT2D eigenvalue weighted by Crippen LogP contribution is -2.40. The van der Waals surface area contributed by atoms with Crippen LogP contribution in [0.2, 0.25) is 0 Å². The van der Waals surface area contributed by atoms with E-state index in [0.29, 0.717) is 24.2 Å². The molecule has 1 aliphatic rings. The second kappa shape index (κ2) is 6.39. The third-order valence-electron chi connectivity index (χ3n) is 4.46. The molecular weight excluding hydrogens is 326 g/mol. The fraction of sp³-hybridized carbons (Fsp3) is 0.412. The minimum atomic E-state index is -3.35. The standard InChI is InChI=1S/C17H21N3O3S/c1-13-5-6-14(10-16(13)24(2,22)23)17(21)19-8-3-4-15(11-19)20-9-7-18-12-20/h5-7,9-10,12,15H,3-4,8,11H2,1-2H3. The first-order valence-electron chi connectivity index (χ1n) is 7.93. The predicted octanol–water partition coefficient (Wildman–Crippen LogP) is 2.07. The van der Waals surface area contributed by atoms with Crippen LogP contribution in [0.5, 0.6) is 0 Å². The number of aromatic nitrogens is 2. The highest BCUT2D eigenvalue weighted by molar-refractivity contribution is 7.90. The van der Waals surface area contributed by atoms with Gasteiger partial charge < -0.3 is 9.47 Å². The van der Waals surface area contributed by atoms with Gasteiger partial charge in [-0.2, -0.15) is 0 Å². The first-order valence-corrected chi connectivity index (χ1v) is 9.83. The molecule has 128 valence electrons. The van der Waals surface area contributed by atoms with E-state index in [1.54, 1.807) is 36.5 Å². The molecule has 0 spiro atoms. The molecule has 0 bridgehead atoms. The third-order valence-corrected chi connectivity index (χ3v) is 5.70. The predicted molar refractivity (Wildman–Crippen MR) is 90.7 cm³/mol. The number of benzene rings is 1. The molecule has 1 fully saturated rings. The van der Waals surface area contributed by atoms with Gasteiger partial charge in [-0.05, 0) is 37.5 Å². The smallest absolute Gasteiger partial charge is 0.253 e. The van der Waals surface area contributed by atoms with Crippen molar-refractivity contribution in [1.82, 2.24) is 14.5 Å². The summed E-state index contributed by atoms with van der Waals surface area (Å²) in [5.41, 5.74) is 1.08. The molecule has 1 aromatic heterocycles. The second-order valence-corrected chi connectivity index (χ2v) is 8.29. The Morgan fingerprint density at radius 1 is 1.33 bits per heavy atom. The molecule has 2 aromatic rings. The number of carbonyl (C=O) groups excluding carboxylic acids is 1. The number of nitrogens with zero attached hydrogens (tertiary/aromatic N) is 3. The van der Waals surface area contributed by atoms with E-state index in [2.05, 4.69) is 4.98 Å². The zero-order valence-electron chi connectivity index (χ0n) is 13.8. The Hall–Kier alpha value is -2.15. The Labute approximate surface area is 142 Å². The summed E-state index contributed by atoms with van der Waals surface area (Å²) in [6.07, 6.45) is 8.50. The van der Waals surface area contributed by atoms with E-state index >= 15 is 0 Å². The van der Waals surface area contributed by atoms with Crippen LogP contribution in [-0.2, 0) is 9.84 Å². The molecule has 6 nitrogen and oxygen atoms in total. The Morgan fingerprint density at radius 3 is 2.79 bits per heavy atom. The van der Waals surface area contributed by atoms with Gasteiger partial charge >= 0.3 is 0 Å². The molecule has 2 heterocycles. The molecule has 0 radical (unpaired) electrons. The van der Waals surface area contributed by atoms with Gasteiger partial charge in [-0.15, -0.1) is 0 Å². The van der Waals surface area contributed by atoms with Crippen molar-refractivity contribution in [2.75, 3.05) is 19.3 Å². The van der Waals surface area contributed by atoms with Crippen LogP contribution in [0.1, 0.15) is 34.8 Å². The molecule has 0 saturated carbocycles. The Bertz CT molecular complexity index is 844. The van der Waals surface area contributed by atoms with E-state index in [0.717, 1.165) is 12.8 Å². The lowest BCUT2D eigenvalue weighted by atomic mass is 10.0. The largest absolute Gasteiger partial charge is 0.337 e. The molecule has 0 aliphatic carbocycles. The van der Waals surface area contributed by atoms with Crippen molar-refractivity contribution >= 4 is 15.7 Å². The summed E-state index contributed by atoms with van der Waals surface area (Å²) in [5.74, 6) is -0.121. The number of carbonyl (C=O) groups is 1. The van der Waals surface area contributed by atoms with Gasteiger partial charge in [0.15, 0.2) is 9.84 Å². The van der Waals surface area contributed by atoms with Crippen LogP contribution in [0.4, 0.5) is 0 Å². The van der Waals surface area contributed by atoms with E-state index in [4.69, 9.17) is 0 Å². The fourth-order valence-corrected chi connectivity index (χ4v) is 4.18. The van der Waals surface area contributed by atoms with Gasteiger partial charge in [-0.25, -0.2) is 13.4 Å². The van der Waals surface area contributed by atoms with Crippen molar-refractivity contribution in [3.8, 4) is 0 Å². The molecule has 1 amide bonds. The number of aryl methyl sites for hydroxylation is 1. The minimum absolute atomic E-state index is 0.121. The second-order valence-electron chi connectivity index (χ2n) is 6.31. The van der Waals surface area contributed by atoms with Crippen LogP contribution < -0.4 is 0 Å². The van der Waals surface area contributed by atoms with Gasteiger partial charge in [0.1, 0.15) is 0 Å². The molecular formula is C17H21N3O3S. The van der Waals surface area contributed by atoms with E-state index < -0.39 is 9.84 Å². The number of rotatable bonds is 3. The van der Waals surface area contributed by atoms with Gasteiger partial charge in [-0.3, -0.25) is 4.79 Å². The summed E-state index contributed by atoms with van der Waals surface area (Å²) in [5, 5.41) is 0. The first-order chi connectivity index (χ1) is 11.4. The van der Waals surface area contributed by atoms with E-state index in [9.17, 15) is 13.2 Å². The number of piperidine rings is 1. The maximum absolute atomic E-state index is 12.8. The molecule has 24 heavy (non-hydrogen) atoms. The Morgan fingerprint density at radius 2 is 2.12 bits per heavy atom. The SMILES string of the molecule is Cc1ccc(C(=O)N2CCCC(n3ccnc3)C2)cc1S(C)(=O)=O. The summed E-state index contributed by atoms with van der Waals surface area (Å²) < 4.78 is 25.8. The topological polar surface area (TPSA) is 72.3 Å². The van der Waals surface area contributed by atoms with Crippen molar-refractivity contribution in [2.24, 2.45) is 0 Å². The minimum Gasteiger partial charge on any atom is -0.337 e. The van der Waals surface area contributed by atoms with E-state index in [-0.39, 0.29) is 16.8 Å². The number of sulfone groups is 1. The van der Waals surface area contributed by atoms with Crippen molar-refractivity contribution < 1.29 is 13.2 Å². The summed E-state index contributed by atoms with van der Waals surface area (Å²) in [6, 6.07) is 5.10. The van der Waals surface area contributed by atoms with Crippen molar-refractivity contribution in [3.63, 3.8) is 0 Å². The first kappa shape index (κ1) is 16.7. The number of hydrogen-bond acceptors (Lipinski definition) is 4. The summed E-state index contributed by atoms with van der Waals surface area (Å²) in [7, 11) is -3.35. The monoisotopic (exact) mass is 347 g/mol. The highest BCUT2D eigenvalue weighted by Crippen LogP contribution is 2.24. The van der Waals surface area contributed by atoms with Crippen molar-refractivity contribution in [3.05, 3.63) is 48.0 Å². The van der Waals surface area contributed by atoms with Gasteiger partial charge in [0, 0.05) is 37.3 Å². The van der Waals surface area contributed by atoms with Gasteiger partial charge in [0.05, 0.1) is 17.3 Å². The average molecular weight is 347 g/mol. The molecule has 0 N–H and O–H groups in total. The van der Waals surface area contributed by atoms with Crippen LogP contribution in [0.3, 0.4) is 0 Å². The number of imidazole rings is 1. The zero-order valence-corrected chi connectivity index (χ0v) is 14.7. The number of amides is 1. The number of likely N-dealkylation sites (tertiary alicyclic amines) is 1. The molecule has 7 heteroatoms. The molecule has 1 saturated heterocycles. The maximum atomic E-state index is 12.8. The Balaban J connectivity index is 1.84. The quantitative estimate of drug-likeness (QED) is 0.852. The summed E-state index contributed by atoms with van der Waals surface area (Å²) in [4.78, 5) is 18.9. The number of hydrogen-bond donors (Lipinski definition) is 0. The van der Waals surface area contributed by atoms with Gasteiger partial charge in [-0.1, -0.05) is 6.07 Å². The lowest BCUT2D eigenvalue weighted by molar-refractivity contribution is 0.0679. The average Bonchev–Trinajstić information content (AvgIpc) is 3.08. The van der Waals surface area contributed by atoms with Crippen LogP contribution in [0.25, 0.3) is 0 Å². The third kappa shape index (κ3) is 3.36. The van der Waals surface area contributed by atoms with Crippen molar-refractivity contribution in [1.29, 1.82) is 0 Å². The molecule has 3 rings (SSSR count). The van der Waals surface area contributed by atoms with Crippen LogP contribution in [-0.4, -0.2) is 48.1 Å². The van der Waals surface area contributed by atoms with Gasteiger partial charge in [0.25, 0.3) is 5.91 Å². The Kier molecular flexibility index (Phi) is 4.45. The normalized spacial score (nSPS) is 18.6. The molecule has 1 atom stereocenters. The highest BCUT2D eigenvalue weighted by atomic mass is 32.2. The molecule has 1 unspecified atom stereocenters. The van der Waals surface area contributed by atoms with Crippen LogP contribution in [0, 0.1) is 6.92 Å². The van der Waals surface area contributed by atoms with Gasteiger partial charge in [0.2, 0.25) is 0 Å². The lowest BCUT2D eigenvalue weighted by Gasteiger charge is -2.33. The molecule has 1 aromatic carbocycles. The summed E-state index contributed by atoms with van der Waals surface area (Å²) >= 11 is 0. The zero-order chi connectivity index (χ0) is 17.3. The summed E-state index contributed by atoms with van der Waals surface area (Å²) in [6.45, 7) is 3.03. The van der Waals surface area contributed by atoms with Crippen molar-refractivity contribution in [2.45, 2.75) is 30.7 Å².